The average molecular weight is 425 g/mol. The van der Waals surface area contributed by atoms with Crippen molar-refractivity contribution in [2.45, 2.75) is 19.3 Å². The standard InChI is InChI=1S/C19H18F3N3O5/c20-19(21,22)30-15-7-5-14(6-8-15)25(18(23)29)11-12-1-3-13(4-2-12)17(28)24-10-9-16(26)27/h1-8H,9-11H2,(H2,23,29)(H,24,28)(H,26,27). The monoisotopic (exact) mass is 425 g/mol. The van der Waals surface area contributed by atoms with Crippen LogP contribution >= 0.6 is 0 Å². The van der Waals surface area contributed by atoms with E-state index in [0.29, 0.717) is 11.1 Å². The molecule has 0 radical (unpaired) electrons. The molecule has 0 aromatic heterocycles. The normalized spacial score (nSPS) is 10.9. The summed E-state index contributed by atoms with van der Waals surface area (Å²) in [5.41, 5.74) is 6.53. The number of nitrogens with one attached hydrogen (secondary N) is 1. The highest BCUT2D eigenvalue weighted by molar-refractivity contribution is 5.94. The maximum Gasteiger partial charge on any atom is 0.573 e. The van der Waals surface area contributed by atoms with Gasteiger partial charge in [-0.3, -0.25) is 14.5 Å². The van der Waals surface area contributed by atoms with Crippen LogP contribution in [-0.4, -0.2) is 35.9 Å². The summed E-state index contributed by atoms with van der Waals surface area (Å²) in [5, 5.41) is 11.0. The molecule has 0 saturated carbocycles. The number of benzene rings is 2. The minimum atomic E-state index is -4.83. The molecule has 11 heteroatoms. The van der Waals surface area contributed by atoms with E-state index >= 15 is 0 Å². The number of primary amides is 1. The van der Waals surface area contributed by atoms with Crippen molar-refractivity contribution < 1.29 is 37.4 Å². The van der Waals surface area contributed by atoms with E-state index in [4.69, 9.17) is 10.8 Å². The van der Waals surface area contributed by atoms with E-state index < -0.39 is 30.0 Å². The molecule has 0 aliphatic rings. The zero-order chi connectivity index (χ0) is 22.3. The summed E-state index contributed by atoms with van der Waals surface area (Å²) in [5.74, 6) is -1.92. The quantitative estimate of drug-likeness (QED) is 0.600. The summed E-state index contributed by atoms with van der Waals surface area (Å²) < 4.78 is 40.5. The van der Waals surface area contributed by atoms with Crippen LogP contribution < -0.4 is 20.7 Å². The van der Waals surface area contributed by atoms with E-state index in [1.165, 1.54) is 24.3 Å². The Balaban J connectivity index is 2.05. The van der Waals surface area contributed by atoms with Gasteiger partial charge in [0.05, 0.1) is 13.0 Å². The molecule has 0 saturated heterocycles. The fourth-order valence-electron chi connectivity index (χ4n) is 2.45. The topological polar surface area (TPSA) is 122 Å². The Kier molecular flexibility index (Phi) is 7.23. The maximum absolute atomic E-state index is 12.2. The molecule has 2 rings (SSSR count). The first kappa shape index (κ1) is 22.5. The first-order valence-corrected chi connectivity index (χ1v) is 8.57. The number of anilines is 1. The number of alkyl halides is 3. The molecule has 4 N–H and O–H groups in total. The molecule has 2 aromatic rings. The molecule has 0 aliphatic carbocycles. The van der Waals surface area contributed by atoms with Gasteiger partial charge in [0.2, 0.25) is 0 Å². The molecule has 2 aromatic carbocycles. The van der Waals surface area contributed by atoms with Gasteiger partial charge in [-0.15, -0.1) is 13.2 Å². The summed E-state index contributed by atoms with van der Waals surface area (Å²) in [4.78, 5) is 35.3. The second kappa shape index (κ2) is 9.63. The summed E-state index contributed by atoms with van der Waals surface area (Å²) in [6.07, 6.45) is -5.03. The first-order chi connectivity index (χ1) is 14.0. The minimum Gasteiger partial charge on any atom is -0.481 e. The molecular formula is C19H18F3N3O5. The van der Waals surface area contributed by atoms with Crippen molar-refractivity contribution in [1.82, 2.24) is 5.32 Å². The molecule has 3 amide bonds. The third-order valence-corrected chi connectivity index (χ3v) is 3.83. The zero-order valence-electron chi connectivity index (χ0n) is 15.5. The minimum absolute atomic E-state index is 0.00964. The molecule has 0 aliphatic heterocycles. The van der Waals surface area contributed by atoms with Gasteiger partial charge < -0.3 is 20.9 Å². The van der Waals surface area contributed by atoms with Crippen molar-refractivity contribution in [3.63, 3.8) is 0 Å². The fraction of sp³-hybridized carbons (Fsp3) is 0.211. The lowest BCUT2D eigenvalue weighted by atomic mass is 10.1. The number of carboxylic acid groups (broad SMARTS) is 1. The lowest BCUT2D eigenvalue weighted by Crippen LogP contribution is -2.35. The number of hydrogen-bond acceptors (Lipinski definition) is 4. The van der Waals surface area contributed by atoms with Gasteiger partial charge in [-0.05, 0) is 42.0 Å². The van der Waals surface area contributed by atoms with E-state index in [-0.39, 0.29) is 25.2 Å². The predicted octanol–water partition coefficient (Wildman–Crippen LogP) is 2.88. The highest BCUT2D eigenvalue weighted by Crippen LogP contribution is 2.26. The molecule has 0 atom stereocenters. The summed E-state index contributed by atoms with van der Waals surface area (Å²) in [6, 6.07) is 9.94. The lowest BCUT2D eigenvalue weighted by Gasteiger charge is -2.21. The Morgan fingerprint density at radius 3 is 2.13 bits per heavy atom. The molecule has 0 fully saturated rings. The van der Waals surface area contributed by atoms with Crippen LogP contribution in [0.15, 0.2) is 48.5 Å². The SMILES string of the molecule is NC(=O)N(Cc1ccc(C(=O)NCCC(=O)O)cc1)c1ccc(OC(F)(F)F)cc1. The number of nitrogens with zero attached hydrogens (tertiary/aromatic N) is 1. The summed E-state index contributed by atoms with van der Waals surface area (Å²) in [6.45, 7) is -0.00482. The molecule has 0 heterocycles. The van der Waals surface area contributed by atoms with Crippen molar-refractivity contribution in [3.8, 4) is 5.75 Å². The molecule has 0 bridgehead atoms. The molecule has 8 nitrogen and oxygen atoms in total. The van der Waals surface area contributed by atoms with Crippen LogP contribution in [-0.2, 0) is 11.3 Å². The number of halogens is 3. The Labute approximate surface area is 169 Å². The van der Waals surface area contributed by atoms with Crippen LogP contribution in [0, 0.1) is 0 Å². The number of aliphatic carboxylic acids is 1. The first-order valence-electron chi connectivity index (χ1n) is 8.57. The number of nitrogens with two attached hydrogens (primary N) is 1. The van der Waals surface area contributed by atoms with Crippen molar-refractivity contribution >= 4 is 23.6 Å². The maximum atomic E-state index is 12.2. The number of hydrogen-bond donors (Lipinski definition) is 3. The largest absolute Gasteiger partial charge is 0.573 e. The number of ether oxygens (including phenoxy) is 1. The van der Waals surface area contributed by atoms with E-state index in [1.807, 2.05) is 0 Å². The Morgan fingerprint density at radius 1 is 1.03 bits per heavy atom. The van der Waals surface area contributed by atoms with E-state index in [2.05, 4.69) is 10.1 Å². The van der Waals surface area contributed by atoms with Crippen LogP contribution in [0.2, 0.25) is 0 Å². The number of amides is 3. The number of carbonyl (C=O) groups is 3. The van der Waals surface area contributed by atoms with Crippen molar-refractivity contribution in [2.75, 3.05) is 11.4 Å². The Hall–Kier alpha value is -3.76. The van der Waals surface area contributed by atoms with Crippen molar-refractivity contribution in [3.05, 3.63) is 59.7 Å². The van der Waals surface area contributed by atoms with Gasteiger partial charge in [0.15, 0.2) is 0 Å². The van der Waals surface area contributed by atoms with Gasteiger partial charge in [-0.1, -0.05) is 12.1 Å². The van der Waals surface area contributed by atoms with Crippen LogP contribution in [0.4, 0.5) is 23.7 Å². The average Bonchev–Trinajstić information content (AvgIpc) is 2.65. The third kappa shape index (κ3) is 7.00. The second-order valence-electron chi connectivity index (χ2n) is 6.06. The van der Waals surface area contributed by atoms with E-state index in [1.54, 1.807) is 12.1 Å². The number of carbonyl (C=O) groups excluding carboxylic acids is 2. The van der Waals surface area contributed by atoms with Gasteiger partial charge >= 0.3 is 18.4 Å². The number of urea groups is 1. The van der Waals surface area contributed by atoms with Crippen LogP contribution in [0.3, 0.4) is 0 Å². The second-order valence-corrected chi connectivity index (χ2v) is 6.06. The molecule has 160 valence electrons. The lowest BCUT2D eigenvalue weighted by molar-refractivity contribution is -0.274. The highest BCUT2D eigenvalue weighted by Gasteiger charge is 2.31. The van der Waals surface area contributed by atoms with Crippen molar-refractivity contribution in [1.29, 1.82) is 0 Å². The molecular weight excluding hydrogens is 407 g/mol. The smallest absolute Gasteiger partial charge is 0.481 e. The summed E-state index contributed by atoms with van der Waals surface area (Å²) in [7, 11) is 0. The Morgan fingerprint density at radius 2 is 1.63 bits per heavy atom. The van der Waals surface area contributed by atoms with Crippen molar-refractivity contribution in [2.24, 2.45) is 5.73 Å². The number of carboxylic acids is 1. The molecule has 0 spiro atoms. The predicted molar refractivity (Wildman–Crippen MR) is 99.9 cm³/mol. The van der Waals surface area contributed by atoms with E-state index in [0.717, 1.165) is 17.0 Å². The highest BCUT2D eigenvalue weighted by atomic mass is 19.4. The zero-order valence-corrected chi connectivity index (χ0v) is 15.5. The van der Waals surface area contributed by atoms with Gasteiger partial charge in [0.25, 0.3) is 5.91 Å². The summed E-state index contributed by atoms with van der Waals surface area (Å²) >= 11 is 0. The molecule has 30 heavy (non-hydrogen) atoms. The van der Waals surface area contributed by atoms with Gasteiger partial charge in [-0.2, -0.15) is 0 Å². The van der Waals surface area contributed by atoms with Crippen LogP contribution in [0.1, 0.15) is 22.3 Å². The molecule has 0 unspecified atom stereocenters. The fourth-order valence-corrected chi connectivity index (χ4v) is 2.45. The van der Waals surface area contributed by atoms with Gasteiger partial charge in [-0.25, -0.2) is 4.79 Å². The van der Waals surface area contributed by atoms with Crippen LogP contribution in [0.25, 0.3) is 0 Å². The van der Waals surface area contributed by atoms with Crippen LogP contribution in [0.5, 0.6) is 5.75 Å². The van der Waals surface area contributed by atoms with Gasteiger partial charge in [0.1, 0.15) is 5.75 Å². The van der Waals surface area contributed by atoms with Gasteiger partial charge in [0, 0.05) is 17.8 Å². The third-order valence-electron chi connectivity index (χ3n) is 3.83. The Bertz CT molecular complexity index is 899. The van der Waals surface area contributed by atoms with E-state index in [9.17, 15) is 27.6 Å². The number of rotatable bonds is 8.